The van der Waals surface area contributed by atoms with Crippen LogP contribution < -0.4 is 4.90 Å². The third kappa shape index (κ3) is 15.5. The fourth-order valence-electron chi connectivity index (χ4n) is 6.63. The SMILES string of the molecule is C[C@@H](OC(=O)[C@H](CC1CC1)N(C)C(=O)[C@@H](Cc1ccc(N2CCOCC2)cc1)OC(=O)[C@H](CC(C)(C)F)N(C)C(=O)OC(C)(C)C)C(=O)N(C)[C@@H](CC(C)(C)F)C(=O)O. The number of likely N-dealkylation sites (N-methyl/N-ethyl adjacent to an activating group) is 3. The summed E-state index contributed by atoms with van der Waals surface area (Å²) in [4.78, 5) is 85.9. The molecule has 0 aromatic heterocycles. The molecule has 15 nitrogen and oxygen atoms in total. The number of amides is 3. The molecular weight excluding hydrogens is 774 g/mol. The summed E-state index contributed by atoms with van der Waals surface area (Å²) in [5, 5.41) is 9.73. The van der Waals surface area contributed by atoms with E-state index in [2.05, 4.69) is 4.90 Å². The highest BCUT2D eigenvalue weighted by atomic mass is 19.1. The Morgan fingerprint density at radius 2 is 1.29 bits per heavy atom. The summed E-state index contributed by atoms with van der Waals surface area (Å²) < 4.78 is 52.1. The van der Waals surface area contributed by atoms with Gasteiger partial charge in [-0.1, -0.05) is 25.0 Å². The number of aliphatic carboxylic acids is 1. The number of rotatable bonds is 19. The quantitative estimate of drug-likeness (QED) is 0.147. The van der Waals surface area contributed by atoms with E-state index in [4.69, 9.17) is 18.9 Å². The largest absolute Gasteiger partial charge is 0.480 e. The van der Waals surface area contributed by atoms with Crippen LogP contribution in [-0.2, 0) is 49.3 Å². The summed E-state index contributed by atoms with van der Waals surface area (Å²) in [6.45, 7) is 13.5. The first-order valence-corrected chi connectivity index (χ1v) is 20.1. The number of benzene rings is 1. The molecule has 59 heavy (non-hydrogen) atoms. The first kappa shape index (κ1) is 48.8. The van der Waals surface area contributed by atoms with E-state index >= 15 is 4.39 Å². The lowest BCUT2D eigenvalue weighted by Crippen LogP contribution is -2.53. The molecule has 0 spiro atoms. The van der Waals surface area contributed by atoms with Gasteiger partial charge in [0, 0.05) is 59.2 Å². The lowest BCUT2D eigenvalue weighted by molar-refractivity contribution is -0.171. The Morgan fingerprint density at radius 1 is 0.780 bits per heavy atom. The number of hydrogen-bond donors (Lipinski definition) is 1. The maximum absolute atomic E-state index is 15.2. The summed E-state index contributed by atoms with van der Waals surface area (Å²) in [6, 6.07) is 2.97. The van der Waals surface area contributed by atoms with Gasteiger partial charge in [-0.05, 0) is 85.4 Å². The molecular formula is C42H64F2N4O11. The predicted molar refractivity (Wildman–Crippen MR) is 214 cm³/mol. The first-order chi connectivity index (χ1) is 27.2. The zero-order valence-corrected chi connectivity index (χ0v) is 36.4. The topological polar surface area (TPSA) is 173 Å². The molecule has 0 bridgehead atoms. The Balaban J connectivity index is 1.95. The molecule has 0 radical (unpaired) electrons. The minimum Gasteiger partial charge on any atom is -0.480 e. The van der Waals surface area contributed by atoms with Crippen molar-refractivity contribution in [3.8, 4) is 0 Å². The summed E-state index contributed by atoms with van der Waals surface area (Å²) in [5.41, 5.74) is -3.31. The second kappa shape index (κ2) is 20.1. The molecule has 1 aliphatic carbocycles. The van der Waals surface area contributed by atoms with Gasteiger partial charge < -0.3 is 38.8 Å². The molecule has 0 unspecified atom stereocenters. The number of nitrogens with zero attached hydrogens (tertiary/aromatic N) is 4. The van der Waals surface area contributed by atoms with Crippen molar-refractivity contribution in [3.63, 3.8) is 0 Å². The van der Waals surface area contributed by atoms with Gasteiger partial charge in [-0.25, -0.2) is 28.0 Å². The molecule has 1 saturated heterocycles. The number of carbonyl (C=O) groups is 6. The molecule has 2 aliphatic rings. The highest BCUT2D eigenvalue weighted by Gasteiger charge is 2.43. The number of esters is 2. The van der Waals surface area contributed by atoms with Crippen molar-refractivity contribution in [2.75, 3.05) is 52.3 Å². The third-order valence-corrected chi connectivity index (χ3v) is 10.1. The first-order valence-electron chi connectivity index (χ1n) is 20.1. The van der Waals surface area contributed by atoms with E-state index in [0.29, 0.717) is 31.9 Å². The van der Waals surface area contributed by atoms with Gasteiger partial charge in [0.15, 0.2) is 12.2 Å². The molecule has 1 saturated carbocycles. The van der Waals surface area contributed by atoms with E-state index < -0.39 is 95.9 Å². The monoisotopic (exact) mass is 838 g/mol. The van der Waals surface area contributed by atoms with Crippen LogP contribution in [0.2, 0.25) is 0 Å². The maximum Gasteiger partial charge on any atom is 0.410 e. The average Bonchev–Trinajstić information content (AvgIpc) is 3.96. The number of carbonyl (C=O) groups excluding carboxylic acids is 5. The highest BCUT2D eigenvalue weighted by Crippen LogP contribution is 2.35. The van der Waals surface area contributed by atoms with Crippen molar-refractivity contribution in [2.24, 2.45) is 5.92 Å². The normalized spacial score (nSPS) is 17.4. The molecule has 1 heterocycles. The van der Waals surface area contributed by atoms with Crippen LogP contribution in [0.25, 0.3) is 0 Å². The van der Waals surface area contributed by atoms with Crippen LogP contribution in [-0.4, -0.2) is 150 Å². The summed E-state index contributed by atoms with van der Waals surface area (Å²) >= 11 is 0. The summed E-state index contributed by atoms with van der Waals surface area (Å²) in [5.74, 6) is -5.11. The van der Waals surface area contributed by atoms with Gasteiger partial charge in [-0.15, -0.1) is 0 Å². The van der Waals surface area contributed by atoms with Crippen molar-refractivity contribution in [3.05, 3.63) is 29.8 Å². The van der Waals surface area contributed by atoms with Gasteiger partial charge in [0.1, 0.15) is 35.1 Å². The minimum absolute atomic E-state index is 0.0482. The van der Waals surface area contributed by atoms with E-state index in [1.807, 2.05) is 12.1 Å². The predicted octanol–water partition coefficient (Wildman–Crippen LogP) is 4.96. The van der Waals surface area contributed by atoms with Crippen LogP contribution in [0.15, 0.2) is 24.3 Å². The maximum atomic E-state index is 15.2. The molecule has 1 aromatic carbocycles. The van der Waals surface area contributed by atoms with E-state index in [9.17, 15) is 38.3 Å². The zero-order chi connectivity index (χ0) is 44.6. The van der Waals surface area contributed by atoms with Crippen LogP contribution in [0.5, 0.6) is 0 Å². The standard InChI is InChI=1S/C42H64F2N4O11/c1-26(34(49)46(10)31(36(51)52)24-41(5,6)43)57-37(53)30(22-27-12-13-27)45(9)35(50)33(23-28-14-16-29(17-15-28)48-18-20-56-21-19-48)58-38(54)32(25-42(7,8)44)47(11)39(55)59-40(2,3)4/h14-17,26-27,30-33H,12-13,18-25H2,1-11H3,(H,51,52)/t26-,30+,31+,32+,33-/m1/s1. The summed E-state index contributed by atoms with van der Waals surface area (Å²) in [7, 11) is 3.80. The molecule has 1 aromatic rings. The van der Waals surface area contributed by atoms with Gasteiger partial charge in [0.25, 0.3) is 11.8 Å². The Hall–Kier alpha value is -4.54. The van der Waals surface area contributed by atoms with Crippen molar-refractivity contribution in [1.82, 2.24) is 14.7 Å². The van der Waals surface area contributed by atoms with Gasteiger partial charge >= 0.3 is 24.0 Å². The van der Waals surface area contributed by atoms with Gasteiger partial charge in [0.05, 0.1) is 13.2 Å². The Labute approximate surface area is 346 Å². The molecule has 3 amide bonds. The molecule has 332 valence electrons. The Kier molecular flexibility index (Phi) is 16.7. The highest BCUT2D eigenvalue weighted by molar-refractivity contribution is 5.92. The Bertz CT molecular complexity index is 1630. The van der Waals surface area contributed by atoms with Crippen LogP contribution in [0.1, 0.15) is 93.1 Å². The number of morpholine rings is 1. The van der Waals surface area contributed by atoms with Crippen molar-refractivity contribution in [2.45, 2.75) is 141 Å². The molecule has 17 heteroatoms. The van der Waals surface area contributed by atoms with Crippen LogP contribution in [0, 0.1) is 5.92 Å². The average molecular weight is 839 g/mol. The summed E-state index contributed by atoms with van der Waals surface area (Å²) in [6.07, 6.45) is -3.45. The number of carboxylic acid groups (broad SMARTS) is 1. The lowest BCUT2D eigenvalue weighted by atomic mass is 9.99. The number of carboxylic acids is 1. The molecule has 1 aliphatic heterocycles. The van der Waals surface area contributed by atoms with E-state index in [1.165, 1.54) is 55.8 Å². The van der Waals surface area contributed by atoms with Crippen LogP contribution >= 0.6 is 0 Å². The van der Waals surface area contributed by atoms with E-state index in [1.54, 1.807) is 32.9 Å². The third-order valence-electron chi connectivity index (χ3n) is 10.1. The fraction of sp³-hybridized carbons (Fsp3) is 0.714. The molecule has 2 fully saturated rings. The molecule has 3 rings (SSSR count). The second-order valence-electron chi connectivity index (χ2n) is 17.9. The second-order valence-corrected chi connectivity index (χ2v) is 17.9. The number of hydrogen-bond acceptors (Lipinski definition) is 11. The lowest BCUT2D eigenvalue weighted by Gasteiger charge is -2.34. The van der Waals surface area contributed by atoms with E-state index in [0.717, 1.165) is 33.2 Å². The van der Waals surface area contributed by atoms with Gasteiger partial charge in [0.2, 0.25) is 0 Å². The number of ether oxygens (including phenoxy) is 4. The van der Waals surface area contributed by atoms with Crippen molar-refractivity contribution in [1.29, 1.82) is 0 Å². The molecule has 5 atom stereocenters. The van der Waals surface area contributed by atoms with Crippen LogP contribution in [0.4, 0.5) is 19.3 Å². The van der Waals surface area contributed by atoms with Gasteiger partial charge in [-0.2, -0.15) is 0 Å². The van der Waals surface area contributed by atoms with Crippen molar-refractivity contribution >= 4 is 41.5 Å². The molecule has 1 N–H and O–H groups in total. The number of alkyl halides is 2. The van der Waals surface area contributed by atoms with Crippen molar-refractivity contribution < 1.29 is 61.6 Å². The zero-order valence-electron chi connectivity index (χ0n) is 36.4. The Morgan fingerprint density at radius 3 is 1.78 bits per heavy atom. The van der Waals surface area contributed by atoms with Crippen LogP contribution in [0.3, 0.4) is 0 Å². The van der Waals surface area contributed by atoms with E-state index in [-0.39, 0.29) is 18.8 Å². The smallest absolute Gasteiger partial charge is 0.410 e. The number of halogens is 2. The fourth-order valence-corrected chi connectivity index (χ4v) is 6.63. The van der Waals surface area contributed by atoms with Gasteiger partial charge in [-0.3, -0.25) is 14.5 Å². The minimum atomic E-state index is -1.96. The number of anilines is 1.